The number of hydrogen-bond donors (Lipinski definition) is 1. The van der Waals surface area contributed by atoms with Crippen molar-refractivity contribution in [2.75, 3.05) is 26.8 Å². The van der Waals surface area contributed by atoms with Gasteiger partial charge in [-0.25, -0.2) is 0 Å². The van der Waals surface area contributed by atoms with Crippen molar-refractivity contribution < 1.29 is 19.1 Å². The molecule has 0 atom stereocenters. The Morgan fingerprint density at radius 1 is 1.12 bits per heavy atom. The average Bonchev–Trinajstić information content (AvgIpc) is 2.66. The molecule has 0 spiro atoms. The summed E-state index contributed by atoms with van der Waals surface area (Å²) in [6, 6.07) is 12.3. The summed E-state index contributed by atoms with van der Waals surface area (Å²) in [6.07, 6.45) is 0. The first kappa shape index (κ1) is 18.1. The minimum Gasteiger partial charge on any atom is -0.486 e. The average molecular weight is 375 g/mol. The standard InChI is InChI=1S/C19H19ClN2O4/c1-22(12-13-6-7-16-17(10-13)26-9-8-25-16)18(23)11-21-19(24)14-4-2-3-5-15(14)20/h2-7,10H,8-9,11-12H2,1H3,(H,21,24). The minimum absolute atomic E-state index is 0.106. The van der Waals surface area contributed by atoms with Gasteiger partial charge in [-0.2, -0.15) is 0 Å². The van der Waals surface area contributed by atoms with E-state index in [0.29, 0.717) is 41.8 Å². The molecule has 0 aliphatic carbocycles. The van der Waals surface area contributed by atoms with Gasteiger partial charge in [0, 0.05) is 13.6 Å². The van der Waals surface area contributed by atoms with E-state index in [-0.39, 0.29) is 18.4 Å². The highest BCUT2D eigenvalue weighted by Gasteiger charge is 2.16. The van der Waals surface area contributed by atoms with E-state index in [0.717, 1.165) is 5.56 Å². The maximum Gasteiger partial charge on any atom is 0.253 e. The Morgan fingerprint density at radius 2 is 1.85 bits per heavy atom. The molecular weight excluding hydrogens is 356 g/mol. The maximum absolute atomic E-state index is 12.3. The molecule has 0 radical (unpaired) electrons. The third-order valence-electron chi connectivity index (χ3n) is 3.97. The lowest BCUT2D eigenvalue weighted by atomic mass is 10.2. The summed E-state index contributed by atoms with van der Waals surface area (Å²) in [7, 11) is 1.68. The molecule has 7 heteroatoms. The van der Waals surface area contributed by atoms with Crippen molar-refractivity contribution >= 4 is 23.4 Å². The van der Waals surface area contributed by atoms with Crippen LogP contribution < -0.4 is 14.8 Å². The molecule has 0 unspecified atom stereocenters. The second kappa shape index (κ2) is 8.10. The lowest BCUT2D eigenvalue weighted by Gasteiger charge is -2.21. The van der Waals surface area contributed by atoms with Crippen molar-refractivity contribution in [2.45, 2.75) is 6.54 Å². The summed E-state index contributed by atoms with van der Waals surface area (Å²) >= 11 is 5.98. The van der Waals surface area contributed by atoms with Crippen LogP contribution in [0.15, 0.2) is 42.5 Å². The number of halogens is 1. The van der Waals surface area contributed by atoms with E-state index in [1.165, 1.54) is 4.90 Å². The molecule has 26 heavy (non-hydrogen) atoms. The highest BCUT2D eigenvalue weighted by Crippen LogP contribution is 2.31. The van der Waals surface area contributed by atoms with Crippen LogP contribution in [0.1, 0.15) is 15.9 Å². The van der Waals surface area contributed by atoms with Crippen LogP contribution in [-0.2, 0) is 11.3 Å². The molecule has 1 aliphatic heterocycles. The number of likely N-dealkylation sites (N-methyl/N-ethyl adjacent to an activating group) is 1. The number of carbonyl (C=O) groups is 2. The fraction of sp³-hybridized carbons (Fsp3) is 0.263. The van der Waals surface area contributed by atoms with E-state index in [2.05, 4.69) is 5.32 Å². The van der Waals surface area contributed by atoms with Crippen molar-refractivity contribution in [3.05, 3.63) is 58.6 Å². The third kappa shape index (κ3) is 4.26. The van der Waals surface area contributed by atoms with Crippen molar-refractivity contribution in [1.29, 1.82) is 0 Å². The van der Waals surface area contributed by atoms with E-state index in [1.807, 2.05) is 18.2 Å². The number of nitrogens with one attached hydrogen (secondary N) is 1. The Morgan fingerprint density at radius 3 is 2.62 bits per heavy atom. The van der Waals surface area contributed by atoms with Gasteiger partial charge in [-0.3, -0.25) is 9.59 Å². The van der Waals surface area contributed by atoms with Gasteiger partial charge in [0.2, 0.25) is 5.91 Å². The van der Waals surface area contributed by atoms with Crippen LogP contribution in [0.2, 0.25) is 5.02 Å². The van der Waals surface area contributed by atoms with E-state index in [9.17, 15) is 9.59 Å². The van der Waals surface area contributed by atoms with Gasteiger partial charge in [-0.05, 0) is 29.8 Å². The van der Waals surface area contributed by atoms with Crippen molar-refractivity contribution in [2.24, 2.45) is 0 Å². The summed E-state index contributed by atoms with van der Waals surface area (Å²) in [5.74, 6) is 0.805. The van der Waals surface area contributed by atoms with E-state index < -0.39 is 0 Å². The maximum atomic E-state index is 12.3. The highest BCUT2D eigenvalue weighted by molar-refractivity contribution is 6.33. The molecule has 3 rings (SSSR count). The molecule has 2 aromatic rings. The molecular formula is C19H19ClN2O4. The summed E-state index contributed by atoms with van der Waals surface area (Å²) in [6.45, 7) is 1.34. The molecule has 1 heterocycles. The molecule has 0 fully saturated rings. The predicted octanol–water partition coefficient (Wildman–Crippen LogP) is 2.50. The summed E-state index contributed by atoms with van der Waals surface area (Å²) in [4.78, 5) is 25.9. The van der Waals surface area contributed by atoms with E-state index in [4.69, 9.17) is 21.1 Å². The van der Waals surface area contributed by atoms with Crippen LogP contribution in [0.25, 0.3) is 0 Å². The quantitative estimate of drug-likeness (QED) is 0.873. The van der Waals surface area contributed by atoms with Crippen LogP contribution in [0.4, 0.5) is 0 Å². The molecule has 0 bridgehead atoms. The first-order valence-electron chi connectivity index (χ1n) is 8.20. The van der Waals surface area contributed by atoms with Gasteiger partial charge in [0.25, 0.3) is 5.91 Å². The number of rotatable bonds is 5. The van der Waals surface area contributed by atoms with Gasteiger partial charge in [-0.15, -0.1) is 0 Å². The van der Waals surface area contributed by atoms with Crippen molar-refractivity contribution in [3.8, 4) is 11.5 Å². The van der Waals surface area contributed by atoms with Crippen LogP contribution >= 0.6 is 11.6 Å². The molecule has 136 valence electrons. The second-order valence-corrected chi connectivity index (χ2v) is 6.30. The fourth-order valence-corrected chi connectivity index (χ4v) is 2.80. The monoisotopic (exact) mass is 374 g/mol. The highest BCUT2D eigenvalue weighted by atomic mass is 35.5. The number of carbonyl (C=O) groups excluding carboxylic acids is 2. The van der Waals surface area contributed by atoms with Crippen LogP contribution in [0.5, 0.6) is 11.5 Å². The zero-order chi connectivity index (χ0) is 18.5. The van der Waals surface area contributed by atoms with Gasteiger partial charge in [0.15, 0.2) is 11.5 Å². The first-order chi connectivity index (χ1) is 12.5. The molecule has 2 aromatic carbocycles. The molecule has 6 nitrogen and oxygen atoms in total. The van der Waals surface area contributed by atoms with Gasteiger partial charge < -0.3 is 19.7 Å². The summed E-state index contributed by atoms with van der Waals surface area (Å²) in [5.41, 5.74) is 1.26. The van der Waals surface area contributed by atoms with Crippen molar-refractivity contribution in [3.63, 3.8) is 0 Å². The van der Waals surface area contributed by atoms with E-state index in [1.54, 1.807) is 31.3 Å². The fourth-order valence-electron chi connectivity index (χ4n) is 2.58. The molecule has 2 amide bonds. The number of nitrogens with zero attached hydrogens (tertiary/aromatic N) is 1. The number of benzene rings is 2. The molecule has 0 saturated heterocycles. The molecule has 1 N–H and O–H groups in total. The first-order valence-corrected chi connectivity index (χ1v) is 8.57. The van der Waals surface area contributed by atoms with Crippen LogP contribution in [0.3, 0.4) is 0 Å². The Bertz CT molecular complexity index is 825. The third-order valence-corrected chi connectivity index (χ3v) is 4.30. The van der Waals surface area contributed by atoms with Gasteiger partial charge in [0.05, 0.1) is 17.1 Å². The lowest BCUT2D eigenvalue weighted by Crippen LogP contribution is -2.37. The van der Waals surface area contributed by atoms with Gasteiger partial charge in [-0.1, -0.05) is 29.8 Å². The Hall–Kier alpha value is -2.73. The summed E-state index contributed by atoms with van der Waals surface area (Å²) in [5, 5.41) is 2.95. The SMILES string of the molecule is CN(Cc1ccc2c(c1)OCCO2)C(=O)CNC(=O)c1ccccc1Cl. The molecule has 0 saturated carbocycles. The van der Waals surface area contributed by atoms with Crippen molar-refractivity contribution in [1.82, 2.24) is 10.2 Å². The largest absolute Gasteiger partial charge is 0.486 e. The molecule has 1 aliphatic rings. The molecule has 0 aromatic heterocycles. The number of amides is 2. The zero-order valence-electron chi connectivity index (χ0n) is 14.3. The van der Waals surface area contributed by atoms with Gasteiger partial charge >= 0.3 is 0 Å². The van der Waals surface area contributed by atoms with Crippen LogP contribution in [-0.4, -0.2) is 43.5 Å². The van der Waals surface area contributed by atoms with Gasteiger partial charge in [0.1, 0.15) is 13.2 Å². The number of hydrogen-bond acceptors (Lipinski definition) is 4. The normalized spacial score (nSPS) is 12.4. The minimum atomic E-state index is -0.378. The topological polar surface area (TPSA) is 67.9 Å². The predicted molar refractivity (Wildman–Crippen MR) is 97.7 cm³/mol. The second-order valence-electron chi connectivity index (χ2n) is 5.89. The number of ether oxygens (including phenoxy) is 2. The zero-order valence-corrected chi connectivity index (χ0v) is 15.1. The number of fused-ring (bicyclic) bond motifs is 1. The Labute approximate surface area is 156 Å². The smallest absolute Gasteiger partial charge is 0.253 e. The Kier molecular flexibility index (Phi) is 5.63. The lowest BCUT2D eigenvalue weighted by molar-refractivity contribution is -0.129. The van der Waals surface area contributed by atoms with Crippen LogP contribution in [0, 0.1) is 0 Å². The summed E-state index contributed by atoms with van der Waals surface area (Å²) < 4.78 is 11.0. The van der Waals surface area contributed by atoms with E-state index >= 15 is 0 Å². The Balaban J connectivity index is 1.55.